The van der Waals surface area contributed by atoms with Crippen LogP contribution in [0.5, 0.6) is 5.75 Å². The van der Waals surface area contributed by atoms with Crippen LogP contribution in [0.4, 0.5) is 22.4 Å². The van der Waals surface area contributed by atoms with Gasteiger partial charge in [0.25, 0.3) is 0 Å². The maximum atomic E-state index is 14.7. The van der Waals surface area contributed by atoms with Gasteiger partial charge >= 0.3 is 12.4 Å². The number of rotatable bonds is 6. The highest BCUT2D eigenvalue weighted by Gasteiger charge is 2.34. The molecule has 3 aromatic rings. The normalized spacial score (nSPS) is 17.5. The van der Waals surface area contributed by atoms with E-state index in [0.29, 0.717) is 25.1 Å². The molecule has 198 valence electrons. The van der Waals surface area contributed by atoms with Crippen LogP contribution in [0.25, 0.3) is 11.1 Å². The van der Waals surface area contributed by atoms with Crippen LogP contribution < -0.4 is 15.4 Å². The van der Waals surface area contributed by atoms with Gasteiger partial charge in [0.2, 0.25) is 0 Å². The van der Waals surface area contributed by atoms with Gasteiger partial charge in [-0.3, -0.25) is 0 Å². The Balaban J connectivity index is 1.62. The molecule has 1 saturated heterocycles. The molecule has 2 atom stereocenters. The summed E-state index contributed by atoms with van der Waals surface area (Å²) in [5.74, 6) is -1.14. The van der Waals surface area contributed by atoms with Gasteiger partial charge in [0.05, 0.1) is 11.6 Å². The molecule has 0 saturated carbocycles. The molecule has 0 aliphatic carbocycles. The van der Waals surface area contributed by atoms with Crippen LogP contribution in [0.3, 0.4) is 0 Å². The maximum Gasteiger partial charge on any atom is 0.573 e. The lowest BCUT2D eigenvalue weighted by Crippen LogP contribution is -2.51. The van der Waals surface area contributed by atoms with E-state index in [1.807, 2.05) is 36.4 Å². The van der Waals surface area contributed by atoms with E-state index in [1.54, 1.807) is 11.9 Å². The Hall–Kier alpha value is -4.10. The highest BCUT2D eigenvalue weighted by molar-refractivity contribution is 5.74. The molecule has 2 amide bonds. The van der Waals surface area contributed by atoms with Crippen LogP contribution >= 0.6 is 0 Å². The van der Waals surface area contributed by atoms with Crippen molar-refractivity contribution < 1.29 is 27.1 Å². The summed E-state index contributed by atoms with van der Waals surface area (Å²) in [5.41, 5.74) is 1.85. The average Bonchev–Trinajstić information content (AvgIpc) is 2.91. The first-order valence-electron chi connectivity index (χ1n) is 12.0. The van der Waals surface area contributed by atoms with Crippen LogP contribution in [0.15, 0.2) is 66.7 Å². The standard InChI is InChI=1S/C28H26F4N4O2/c1-34-27(37)36-12-11-25(23(17-36)19-5-3-2-4-6-19)35-16-21-14-20(8-10-26(21)38-28(30,31)32)22-9-7-18(15-33)13-24(22)29/h2-10,13-14,23,25,35H,11-12,16-17H2,1H3,(H,34,37)/t23-,25-/m0/s1. The Morgan fingerprint density at radius 2 is 1.89 bits per heavy atom. The minimum absolute atomic E-state index is 0.0190. The Morgan fingerprint density at radius 3 is 2.55 bits per heavy atom. The van der Waals surface area contributed by atoms with E-state index in [0.717, 1.165) is 11.6 Å². The van der Waals surface area contributed by atoms with Gasteiger partial charge in [-0.25, -0.2) is 9.18 Å². The summed E-state index contributed by atoms with van der Waals surface area (Å²) in [6.07, 6.45) is -4.33. The minimum atomic E-state index is -4.90. The number of nitrogens with one attached hydrogen (secondary N) is 2. The zero-order chi connectivity index (χ0) is 27.3. The second-order valence-electron chi connectivity index (χ2n) is 8.97. The fourth-order valence-electron chi connectivity index (χ4n) is 4.75. The second-order valence-corrected chi connectivity index (χ2v) is 8.97. The third-order valence-electron chi connectivity index (χ3n) is 6.59. The van der Waals surface area contributed by atoms with Gasteiger partial charge in [0, 0.05) is 49.8 Å². The molecule has 2 N–H and O–H groups in total. The number of benzene rings is 3. The summed E-state index contributed by atoms with van der Waals surface area (Å²) in [6.45, 7) is 0.929. The number of carbonyl (C=O) groups is 1. The van der Waals surface area contributed by atoms with E-state index >= 15 is 0 Å². The molecule has 0 bridgehead atoms. The van der Waals surface area contributed by atoms with Crippen LogP contribution in [-0.2, 0) is 6.54 Å². The molecule has 1 aliphatic rings. The lowest BCUT2D eigenvalue weighted by atomic mass is 9.86. The van der Waals surface area contributed by atoms with Gasteiger partial charge < -0.3 is 20.3 Å². The fourth-order valence-corrected chi connectivity index (χ4v) is 4.75. The second kappa shape index (κ2) is 11.5. The first-order valence-corrected chi connectivity index (χ1v) is 12.0. The number of likely N-dealkylation sites (tertiary alicyclic amines) is 1. The number of hydrogen-bond donors (Lipinski definition) is 2. The molecule has 0 spiro atoms. The summed E-state index contributed by atoms with van der Waals surface area (Å²) in [6, 6.07) is 19.0. The third kappa shape index (κ3) is 6.42. The van der Waals surface area contributed by atoms with E-state index in [1.165, 1.54) is 30.3 Å². The van der Waals surface area contributed by atoms with Crippen molar-refractivity contribution in [2.45, 2.75) is 31.3 Å². The summed E-state index contributed by atoms with van der Waals surface area (Å²) in [5, 5.41) is 15.0. The van der Waals surface area contributed by atoms with Crippen molar-refractivity contribution in [1.82, 2.24) is 15.5 Å². The van der Waals surface area contributed by atoms with Crippen LogP contribution in [-0.4, -0.2) is 43.5 Å². The molecule has 0 aromatic heterocycles. The predicted octanol–water partition coefficient (Wildman–Crippen LogP) is 5.55. The number of nitriles is 1. The molecule has 0 radical (unpaired) electrons. The molecule has 3 aromatic carbocycles. The van der Waals surface area contributed by atoms with Crippen molar-refractivity contribution in [3.8, 4) is 22.9 Å². The summed E-state index contributed by atoms with van der Waals surface area (Å²) in [4.78, 5) is 14.0. The average molecular weight is 527 g/mol. The van der Waals surface area contributed by atoms with E-state index < -0.39 is 12.2 Å². The quantitative estimate of drug-likeness (QED) is 0.413. The Labute approximate surface area is 217 Å². The number of carbonyl (C=O) groups excluding carboxylic acids is 1. The zero-order valence-electron chi connectivity index (χ0n) is 20.6. The van der Waals surface area contributed by atoms with Gasteiger partial charge in [-0.15, -0.1) is 13.2 Å². The number of alkyl halides is 3. The van der Waals surface area contributed by atoms with Crippen molar-refractivity contribution >= 4 is 6.03 Å². The predicted molar refractivity (Wildman–Crippen MR) is 134 cm³/mol. The topological polar surface area (TPSA) is 77.4 Å². The largest absolute Gasteiger partial charge is 0.573 e. The van der Waals surface area contributed by atoms with Gasteiger partial charge in [-0.05, 0) is 41.8 Å². The van der Waals surface area contributed by atoms with Gasteiger partial charge in [0.15, 0.2) is 0 Å². The first-order chi connectivity index (χ1) is 18.2. The highest BCUT2D eigenvalue weighted by Crippen LogP contribution is 2.33. The number of urea groups is 1. The maximum absolute atomic E-state index is 14.7. The summed E-state index contributed by atoms with van der Waals surface area (Å²) < 4.78 is 58.4. The van der Waals surface area contributed by atoms with Crippen molar-refractivity contribution in [3.05, 3.63) is 89.2 Å². The van der Waals surface area contributed by atoms with Crippen molar-refractivity contribution in [3.63, 3.8) is 0 Å². The SMILES string of the molecule is CNC(=O)N1CC[C@H](NCc2cc(-c3ccc(C#N)cc3F)ccc2OC(F)(F)F)[C@H](c2ccccc2)C1. The molecular formula is C28H26F4N4O2. The van der Waals surface area contributed by atoms with E-state index in [-0.39, 0.29) is 47.0 Å². The van der Waals surface area contributed by atoms with E-state index in [4.69, 9.17) is 5.26 Å². The van der Waals surface area contributed by atoms with Gasteiger partial charge in [-0.1, -0.05) is 42.5 Å². The highest BCUT2D eigenvalue weighted by atomic mass is 19.4. The first kappa shape index (κ1) is 26.9. The molecule has 6 nitrogen and oxygen atoms in total. The van der Waals surface area contributed by atoms with Crippen molar-refractivity contribution in [1.29, 1.82) is 5.26 Å². The van der Waals surface area contributed by atoms with E-state index in [2.05, 4.69) is 15.4 Å². The minimum Gasteiger partial charge on any atom is -0.405 e. The number of halogens is 4. The van der Waals surface area contributed by atoms with Crippen LogP contribution in [0.1, 0.15) is 29.0 Å². The lowest BCUT2D eigenvalue weighted by Gasteiger charge is -2.39. The summed E-state index contributed by atoms with van der Waals surface area (Å²) in [7, 11) is 1.57. The number of nitrogens with zero attached hydrogens (tertiary/aromatic N) is 2. The molecule has 38 heavy (non-hydrogen) atoms. The number of ether oxygens (including phenoxy) is 1. The molecule has 10 heteroatoms. The van der Waals surface area contributed by atoms with Crippen molar-refractivity contribution in [2.75, 3.05) is 20.1 Å². The molecular weight excluding hydrogens is 500 g/mol. The van der Waals surface area contributed by atoms with Crippen LogP contribution in [0, 0.1) is 17.1 Å². The van der Waals surface area contributed by atoms with Gasteiger partial charge in [-0.2, -0.15) is 5.26 Å². The Bertz CT molecular complexity index is 1320. The number of amides is 2. The molecule has 1 aliphatic heterocycles. The molecule has 0 unspecified atom stereocenters. The molecule has 1 fully saturated rings. The Kier molecular flexibility index (Phi) is 8.17. The van der Waals surface area contributed by atoms with E-state index in [9.17, 15) is 22.4 Å². The number of piperidine rings is 1. The summed E-state index contributed by atoms with van der Waals surface area (Å²) >= 11 is 0. The third-order valence-corrected chi connectivity index (χ3v) is 6.59. The Morgan fingerprint density at radius 1 is 1.13 bits per heavy atom. The smallest absolute Gasteiger partial charge is 0.405 e. The number of hydrogen-bond acceptors (Lipinski definition) is 4. The molecule has 4 rings (SSSR count). The van der Waals surface area contributed by atoms with Crippen molar-refractivity contribution in [2.24, 2.45) is 0 Å². The zero-order valence-corrected chi connectivity index (χ0v) is 20.6. The van der Waals surface area contributed by atoms with Crippen LogP contribution in [0.2, 0.25) is 0 Å². The lowest BCUT2D eigenvalue weighted by molar-refractivity contribution is -0.274. The molecule has 1 heterocycles. The monoisotopic (exact) mass is 526 g/mol. The van der Waals surface area contributed by atoms with Gasteiger partial charge in [0.1, 0.15) is 11.6 Å². The fraction of sp³-hybridized carbons (Fsp3) is 0.286.